The molecule has 4 nitrogen and oxygen atoms in total. The maximum atomic E-state index is 9.45. The fourth-order valence-electron chi connectivity index (χ4n) is 0. The molecule has 0 aliphatic rings. The van der Waals surface area contributed by atoms with Gasteiger partial charge in [0.15, 0.2) is 0 Å². The van der Waals surface area contributed by atoms with Crippen molar-refractivity contribution < 1.29 is 23.3 Å². The molecule has 48 valence electrons. The molecule has 0 spiro atoms. The largest absolute Gasteiger partial charge is 2.00 e. The van der Waals surface area contributed by atoms with Gasteiger partial charge in [-0.05, 0) is 6.92 Å². The number of carboxylic acid groups (broad SMARTS) is 1. The number of aliphatic carboxylic acids is 1. The normalized spacial score (nSPS) is 10.2. The van der Waals surface area contributed by atoms with Crippen LogP contribution in [0.5, 0.6) is 0 Å². The monoisotopic (exact) mass is 150 g/mol. The molecule has 0 rings (SSSR count). The van der Waals surface area contributed by atoms with Crippen LogP contribution < -0.4 is 0 Å². The topological polar surface area (TPSA) is 89.0 Å². The van der Waals surface area contributed by atoms with E-state index in [9.17, 15) is 4.79 Å². The Morgan fingerprint density at radius 1 is 1.75 bits per heavy atom. The average molecular weight is 150 g/mol. The number of carboxylic acids is 1. The molecule has 0 aliphatic heterocycles. The van der Waals surface area contributed by atoms with Gasteiger partial charge in [-0.15, -0.1) is 0 Å². The molecule has 0 aromatic rings. The summed E-state index contributed by atoms with van der Waals surface area (Å²) in [4.78, 5) is 9.45. The second kappa shape index (κ2) is 7.65. The maximum absolute atomic E-state index is 9.45. The van der Waals surface area contributed by atoms with Crippen molar-refractivity contribution >= 4 is 43.7 Å². The van der Waals surface area contributed by atoms with Gasteiger partial charge in [-0.1, -0.05) is 0 Å². The Morgan fingerprint density at radius 3 is 1.88 bits per heavy atom. The van der Waals surface area contributed by atoms with Crippen LogP contribution in [0.2, 0.25) is 0 Å². The van der Waals surface area contributed by atoms with Crippen molar-refractivity contribution in [3.05, 3.63) is 0 Å². The Labute approximate surface area is 79.8 Å². The summed E-state index contributed by atoms with van der Waals surface area (Å²) in [6, 6.07) is 0. The standard InChI is InChI=1S/C3H6O3.Ca.H2O.2H/c1-2(4)3(5)6;;;;/h2,4H,1H3,(H,5,6);;1H2;;/q;+2;;2*-1. The number of aliphatic hydroxyl groups is 1. The molecule has 1 unspecified atom stereocenters. The zero-order valence-corrected chi connectivity index (χ0v) is 6.80. The number of carbonyl (C=O) groups is 1. The first-order valence-corrected chi connectivity index (χ1v) is 1.55. The third-order valence-corrected chi connectivity index (χ3v) is 0.357. The van der Waals surface area contributed by atoms with Crippen LogP contribution in [0, 0.1) is 0 Å². The molecule has 5 heteroatoms. The molecule has 0 heterocycles. The average Bonchev–Trinajstić information content (AvgIpc) is 1.36. The van der Waals surface area contributed by atoms with E-state index in [2.05, 4.69) is 0 Å². The first-order chi connectivity index (χ1) is 2.64. The van der Waals surface area contributed by atoms with Gasteiger partial charge in [0, 0.05) is 0 Å². The van der Waals surface area contributed by atoms with E-state index in [0.717, 1.165) is 0 Å². The van der Waals surface area contributed by atoms with Gasteiger partial charge in [0.05, 0.1) is 0 Å². The zero-order chi connectivity index (χ0) is 5.15. The molecule has 0 bridgehead atoms. The summed E-state index contributed by atoms with van der Waals surface area (Å²) in [5, 5.41) is 15.8. The van der Waals surface area contributed by atoms with Crippen LogP contribution in [0.25, 0.3) is 0 Å². The first kappa shape index (κ1) is 15.9. The summed E-state index contributed by atoms with van der Waals surface area (Å²) >= 11 is 0. The molecule has 0 aromatic carbocycles. The Hall–Kier alpha value is 0.650. The van der Waals surface area contributed by atoms with Crippen LogP contribution in [-0.4, -0.2) is 65.5 Å². The van der Waals surface area contributed by atoms with Gasteiger partial charge < -0.3 is 18.5 Å². The smallest absolute Gasteiger partial charge is 1.00 e. The van der Waals surface area contributed by atoms with Crippen molar-refractivity contribution in [1.82, 2.24) is 0 Å². The van der Waals surface area contributed by atoms with E-state index < -0.39 is 12.1 Å². The molecule has 0 aromatic heterocycles. The Bertz CT molecular complexity index is 69.5. The summed E-state index contributed by atoms with van der Waals surface area (Å²) in [6.07, 6.45) is -1.23. The summed E-state index contributed by atoms with van der Waals surface area (Å²) in [5.74, 6) is -1.19. The van der Waals surface area contributed by atoms with Gasteiger partial charge in [-0.2, -0.15) is 0 Å². The van der Waals surface area contributed by atoms with Crippen molar-refractivity contribution in [2.45, 2.75) is 13.0 Å². The third kappa shape index (κ3) is 9.82. The van der Waals surface area contributed by atoms with Crippen molar-refractivity contribution in [1.29, 1.82) is 0 Å². The van der Waals surface area contributed by atoms with E-state index in [4.69, 9.17) is 10.2 Å². The minimum absolute atomic E-state index is 0. The predicted octanol–water partition coefficient (Wildman–Crippen LogP) is -1.53. The van der Waals surface area contributed by atoms with Crippen molar-refractivity contribution in [2.24, 2.45) is 0 Å². The van der Waals surface area contributed by atoms with E-state index in [1.165, 1.54) is 6.92 Å². The van der Waals surface area contributed by atoms with E-state index in [-0.39, 0.29) is 46.1 Å². The fraction of sp³-hybridized carbons (Fsp3) is 0.667. The van der Waals surface area contributed by atoms with Crippen molar-refractivity contribution in [2.75, 3.05) is 0 Å². The molecular weight excluding hydrogens is 140 g/mol. The molecule has 0 saturated heterocycles. The van der Waals surface area contributed by atoms with Crippen molar-refractivity contribution in [3.63, 3.8) is 0 Å². The predicted molar refractivity (Wildman–Crippen MR) is 30.9 cm³/mol. The van der Waals surface area contributed by atoms with E-state index >= 15 is 0 Å². The van der Waals surface area contributed by atoms with E-state index in [0.29, 0.717) is 0 Å². The Morgan fingerprint density at radius 2 is 1.88 bits per heavy atom. The Kier molecular flexibility index (Phi) is 15.2. The van der Waals surface area contributed by atoms with E-state index in [1.54, 1.807) is 0 Å². The number of rotatable bonds is 1. The molecule has 0 amide bonds. The van der Waals surface area contributed by atoms with Gasteiger partial charge in [-0.25, -0.2) is 4.79 Å². The van der Waals surface area contributed by atoms with Crippen molar-refractivity contribution in [3.8, 4) is 0 Å². The molecule has 0 saturated carbocycles. The molecular formula is C3H10CaO4. The number of hydrogen-bond acceptors (Lipinski definition) is 2. The fourth-order valence-corrected chi connectivity index (χ4v) is 0. The quantitative estimate of drug-likeness (QED) is 0.444. The molecule has 1 atom stereocenters. The minimum atomic E-state index is -1.23. The van der Waals surface area contributed by atoms with Gasteiger partial charge in [0.25, 0.3) is 0 Å². The summed E-state index contributed by atoms with van der Waals surface area (Å²) in [7, 11) is 0. The molecule has 8 heavy (non-hydrogen) atoms. The SMILES string of the molecule is CC(O)C(=O)O.O.[Ca+2].[H-].[H-]. The number of aliphatic hydroxyl groups excluding tert-OH is 1. The van der Waals surface area contributed by atoms with Crippen LogP contribution in [0.1, 0.15) is 9.78 Å². The van der Waals surface area contributed by atoms with Crippen LogP contribution in [0.15, 0.2) is 0 Å². The van der Waals surface area contributed by atoms with Crippen LogP contribution in [-0.2, 0) is 4.79 Å². The van der Waals surface area contributed by atoms with E-state index in [1.807, 2.05) is 0 Å². The second-order valence-corrected chi connectivity index (χ2v) is 1.01. The Balaban J connectivity index is -0.0000000208. The van der Waals surface area contributed by atoms with Crippen LogP contribution in [0.3, 0.4) is 0 Å². The second-order valence-electron chi connectivity index (χ2n) is 1.01. The molecule has 4 N–H and O–H groups in total. The third-order valence-electron chi connectivity index (χ3n) is 0.357. The summed E-state index contributed by atoms with van der Waals surface area (Å²) in [5.41, 5.74) is 0. The summed E-state index contributed by atoms with van der Waals surface area (Å²) in [6.45, 7) is 1.20. The van der Waals surface area contributed by atoms with Gasteiger partial charge >= 0.3 is 43.7 Å². The number of hydrogen-bond donors (Lipinski definition) is 2. The van der Waals surface area contributed by atoms with Gasteiger partial charge in [0.2, 0.25) is 0 Å². The van der Waals surface area contributed by atoms with Gasteiger partial charge in [0.1, 0.15) is 6.10 Å². The maximum Gasteiger partial charge on any atom is 2.00 e. The molecule has 0 aliphatic carbocycles. The molecule has 0 fully saturated rings. The van der Waals surface area contributed by atoms with Crippen LogP contribution in [0.4, 0.5) is 0 Å². The minimum Gasteiger partial charge on any atom is -1.00 e. The zero-order valence-electron chi connectivity index (χ0n) is 6.59. The summed E-state index contributed by atoms with van der Waals surface area (Å²) < 4.78 is 0. The first-order valence-electron chi connectivity index (χ1n) is 1.55. The molecule has 0 radical (unpaired) electrons. The van der Waals surface area contributed by atoms with Gasteiger partial charge in [-0.3, -0.25) is 0 Å². The van der Waals surface area contributed by atoms with Crippen LogP contribution >= 0.6 is 0 Å².